The fourth-order valence-corrected chi connectivity index (χ4v) is 1.90. The van der Waals surface area contributed by atoms with E-state index in [0.717, 1.165) is 13.0 Å². The third-order valence-electron chi connectivity index (χ3n) is 3.16. The molecule has 20 heavy (non-hydrogen) atoms. The van der Waals surface area contributed by atoms with E-state index in [1.54, 1.807) is 0 Å². The van der Waals surface area contributed by atoms with Crippen LogP contribution in [0.25, 0.3) is 0 Å². The van der Waals surface area contributed by atoms with E-state index in [-0.39, 0.29) is 11.3 Å². The summed E-state index contributed by atoms with van der Waals surface area (Å²) in [7, 11) is 0. The van der Waals surface area contributed by atoms with Gasteiger partial charge in [-0.15, -0.1) is 0 Å². The zero-order valence-electron chi connectivity index (χ0n) is 11.1. The predicted octanol–water partition coefficient (Wildman–Crippen LogP) is 1.25. The molecule has 1 saturated carbocycles. The van der Waals surface area contributed by atoms with E-state index in [4.69, 9.17) is 5.73 Å². The Morgan fingerprint density at radius 2 is 2.15 bits per heavy atom. The molecule has 1 aliphatic rings. The molecule has 0 atom stereocenters. The third kappa shape index (κ3) is 3.92. The third-order valence-corrected chi connectivity index (χ3v) is 3.16. The summed E-state index contributed by atoms with van der Waals surface area (Å²) in [5, 5.41) is 17.3. The average molecular weight is 278 g/mol. The summed E-state index contributed by atoms with van der Waals surface area (Å²) >= 11 is 0. The van der Waals surface area contributed by atoms with E-state index >= 15 is 0 Å². The van der Waals surface area contributed by atoms with Crippen LogP contribution in [0.1, 0.15) is 29.6 Å². The monoisotopic (exact) mass is 278 g/mol. The van der Waals surface area contributed by atoms with E-state index < -0.39 is 10.8 Å². The molecule has 0 radical (unpaired) electrons. The molecule has 0 spiro atoms. The Balaban J connectivity index is 1.93. The topological polar surface area (TPSA) is 110 Å². The molecule has 1 aliphatic carbocycles. The first-order valence-electron chi connectivity index (χ1n) is 6.63. The molecule has 7 nitrogen and oxygen atoms in total. The summed E-state index contributed by atoms with van der Waals surface area (Å²) in [6.45, 7) is 1.48. The van der Waals surface area contributed by atoms with Crippen LogP contribution in [-0.2, 0) is 0 Å². The molecule has 7 heteroatoms. The van der Waals surface area contributed by atoms with Gasteiger partial charge < -0.3 is 16.4 Å². The van der Waals surface area contributed by atoms with Gasteiger partial charge in [0.05, 0.1) is 4.92 Å². The highest BCUT2D eigenvalue weighted by Crippen LogP contribution is 2.25. The number of amides is 1. The maximum Gasteiger partial charge on any atom is 0.292 e. The lowest BCUT2D eigenvalue weighted by atomic mass is 10.1. The lowest BCUT2D eigenvalue weighted by molar-refractivity contribution is -0.384. The largest absolute Gasteiger partial charge is 0.379 e. The van der Waals surface area contributed by atoms with Gasteiger partial charge in [-0.05, 0) is 37.9 Å². The maximum absolute atomic E-state index is 11.1. The number of carbonyl (C=O) groups is 1. The summed E-state index contributed by atoms with van der Waals surface area (Å²) < 4.78 is 0. The lowest BCUT2D eigenvalue weighted by Gasteiger charge is -2.08. The molecule has 0 aromatic heterocycles. The van der Waals surface area contributed by atoms with E-state index in [2.05, 4.69) is 10.6 Å². The van der Waals surface area contributed by atoms with Gasteiger partial charge in [-0.2, -0.15) is 0 Å². The predicted molar refractivity (Wildman–Crippen MR) is 75.7 cm³/mol. The number of hydrogen-bond acceptors (Lipinski definition) is 5. The zero-order chi connectivity index (χ0) is 14.5. The van der Waals surface area contributed by atoms with Crippen molar-refractivity contribution in [3.8, 4) is 0 Å². The average Bonchev–Trinajstić information content (AvgIpc) is 3.22. The fraction of sp³-hybridized carbons (Fsp3) is 0.462. The highest BCUT2D eigenvalue weighted by Gasteiger charge is 2.19. The van der Waals surface area contributed by atoms with Crippen LogP contribution in [0.2, 0.25) is 0 Å². The van der Waals surface area contributed by atoms with Crippen molar-refractivity contribution in [2.75, 3.05) is 18.4 Å². The Hall–Kier alpha value is -2.15. The smallest absolute Gasteiger partial charge is 0.292 e. The van der Waals surface area contributed by atoms with Crippen LogP contribution in [0.4, 0.5) is 11.4 Å². The zero-order valence-corrected chi connectivity index (χ0v) is 11.1. The van der Waals surface area contributed by atoms with Crippen molar-refractivity contribution in [3.63, 3.8) is 0 Å². The molecule has 1 aromatic carbocycles. The highest BCUT2D eigenvalue weighted by molar-refractivity contribution is 5.94. The van der Waals surface area contributed by atoms with Crippen LogP contribution in [0.5, 0.6) is 0 Å². The minimum absolute atomic E-state index is 0.0508. The van der Waals surface area contributed by atoms with Crippen molar-refractivity contribution in [2.45, 2.75) is 25.3 Å². The van der Waals surface area contributed by atoms with E-state index in [9.17, 15) is 14.9 Å². The Labute approximate surface area is 116 Å². The van der Waals surface area contributed by atoms with E-state index in [1.807, 2.05) is 0 Å². The first-order chi connectivity index (χ1) is 9.58. The quantitative estimate of drug-likeness (QED) is 0.376. The van der Waals surface area contributed by atoms with Gasteiger partial charge in [0, 0.05) is 24.2 Å². The number of rotatable bonds is 8. The van der Waals surface area contributed by atoms with Crippen molar-refractivity contribution in [2.24, 2.45) is 5.73 Å². The number of nitrogens with one attached hydrogen (secondary N) is 2. The fourth-order valence-electron chi connectivity index (χ4n) is 1.90. The second kappa shape index (κ2) is 6.33. The van der Waals surface area contributed by atoms with Gasteiger partial charge in [0.15, 0.2) is 0 Å². The van der Waals surface area contributed by atoms with Crippen molar-refractivity contribution >= 4 is 17.3 Å². The summed E-state index contributed by atoms with van der Waals surface area (Å²) in [5.74, 6) is -0.599. The van der Waals surface area contributed by atoms with Gasteiger partial charge in [0.25, 0.3) is 5.69 Å². The Kier molecular flexibility index (Phi) is 4.52. The molecule has 1 aromatic rings. The molecule has 0 unspecified atom stereocenters. The van der Waals surface area contributed by atoms with Crippen LogP contribution < -0.4 is 16.4 Å². The maximum atomic E-state index is 11.1. The molecule has 0 aliphatic heterocycles. The van der Waals surface area contributed by atoms with Gasteiger partial charge >= 0.3 is 0 Å². The van der Waals surface area contributed by atoms with Crippen molar-refractivity contribution in [1.29, 1.82) is 0 Å². The number of carbonyl (C=O) groups excluding carboxylic acids is 1. The van der Waals surface area contributed by atoms with Gasteiger partial charge in [-0.25, -0.2) is 0 Å². The van der Waals surface area contributed by atoms with Gasteiger partial charge in [0.1, 0.15) is 5.69 Å². The summed E-state index contributed by atoms with van der Waals surface area (Å²) in [5.41, 5.74) is 5.72. The van der Waals surface area contributed by atoms with Gasteiger partial charge in [-0.1, -0.05) is 0 Å². The Morgan fingerprint density at radius 1 is 1.40 bits per heavy atom. The van der Waals surface area contributed by atoms with Gasteiger partial charge in [-0.3, -0.25) is 14.9 Å². The summed E-state index contributed by atoms with van der Waals surface area (Å²) in [6.07, 6.45) is 3.33. The minimum Gasteiger partial charge on any atom is -0.379 e. The number of benzene rings is 1. The van der Waals surface area contributed by atoms with Crippen molar-refractivity contribution in [3.05, 3.63) is 33.9 Å². The molecule has 0 saturated heterocycles. The van der Waals surface area contributed by atoms with Crippen LogP contribution in [-0.4, -0.2) is 30.0 Å². The number of hydrogen-bond donors (Lipinski definition) is 3. The van der Waals surface area contributed by atoms with Crippen LogP contribution in [0, 0.1) is 10.1 Å². The van der Waals surface area contributed by atoms with Crippen molar-refractivity contribution in [1.82, 2.24) is 5.32 Å². The van der Waals surface area contributed by atoms with E-state index in [1.165, 1.54) is 31.0 Å². The second-order valence-corrected chi connectivity index (χ2v) is 4.86. The number of nitrogens with two attached hydrogens (primary N) is 1. The molecule has 1 fully saturated rings. The Bertz CT molecular complexity index is 514. The summed E-state index contributed by atoms with van der Waals surface area (Å²) in [6, 6.07) is 4.74. The van der Waals surface area contributed by atoms with Crippen molar-refractivity contribution < 1.29 is 9.72 Å². The lowest BCUT2D eigenvalue weighted by Crippen LogP contribution is -2.20. The number of nitro benzene ring substituents is 1. The molecule has 4 N–H and O–H groups in total. The van der Waals surface area contributed by atoms with Crippen LogP contribution in [0.15, 0.2) is 18.2 Å². The first kappa shape index (κ1) is 14.3. The number of primary amides is 1. The standard InChI is InChI=1S/C13H18N4O3/c14-13(18)9-2-5-12(17(19)20)11(8-9)16-7-1-6-15-10-3-4-10/h2,5,8,10,15-16H,1,3-4,6-7H2,(H2,14,18). The highest BCUT2D eigenvalue weighted by atomic mass is 16.6. The SMILES string of the molecule is NC(=O)c1ccc([N+](=O)[O-])c(NCCCNC2CC2)c1. The van der Waals surface area contributed by atoms with E-state index in [0.29, 0.717) is 18.3 Å². The minimum atomic E-state index is -0.599. The second-order valence-electron chi connectivity index (χ2n) is 4.86. The van der Waals surface area contributed by atoms with Crippen LogP contribution in [0.3, 0.4) is 0 Å². The molecule has 108 valence electrons. The molecule has 1 amide bonds. The summed E-state index contributed by atoms with van der Waals surface area (Å²) in [4.78, 5) is 21.6. The number of nitro groups is 1. The van der Waals surface area contributed by atoms with Crippen LogP contribution >= 0.6 is 0 Å². The number of nitrogens with zero attached hydrogens (tertiary/aromatic N) is 1. The molecular weight excluding hydrogens is 260 g/mol. The molecule has 2 rings (SSSR count). The Morgan fingerprint density at radius 3 is 2.75 bits per heavy atom. The normalized spacial score (nSPS) is 14.0. The number of anilines is 1. The molecule has 0 heterocycles. The molecular formula is C13H18N4O3. The molecule has 0 bridgehead atoms. The first-order valence-corrected chi connectivity index (χ1v) is 6.63. The van der Waals surface area contributed by atoms with Gasteiger partial charge in [0.2, 0.25) is 5.91 Å².